The molecule has 28 heavy (non-hydrogen) atoms. The lowest BCUT2D eigenvalue weighted by Crippen LogP contribution is -2.31. The van der Waals surface area contributed by atoms with Gasteiger partial charge in [-0.25, -0.2) is 13.1 Å². The number of sulfonamides is 1. The first-order valence-electron chi connectivity index (χ1n) is 8.81. The number of nitrogens with zero attached hydrogens (tertiary/aromatic N) is 1. The maximum atomic E-state index is 13.2. The minimum Gasteiger partial charge on any atom is -0.467 e. The van der Waals surface area contributed by atoms with E-state index in [-0.39, 0.29) is 16.8 Å². The van der Waals surface area contributed by atoms with E-state index in [1.165, 1.54) is 12.1 Å². The number of hydrogen-bond acceptors (Lipinski definition) is 5. The van der Waals surface area contributed by atoms with Crippen molar-refractivity contribution >= 4 is 27.3 Å². The summed E-state index contributed by atoms with van der Waals surface area (Å²) in [5.41, 5.74) is 0.315. The number of carbonyl (C=O) groups is 1. The molecule has 0 atom stereocenters. The lowest BCUT2D eigenvalue weighted by Gasteiger charge is -2.21. The van der Waals surface area contributed by atoms with Crippen LogP contribution < -0.4 is 4.72 Å². The number of thiophene rings is 1. The van der Waals surface area contributed by atoms with Gasteiger partial charge in [-0.15, -0.1) is 11.3 Å². The van der Waals surface area contributed by atoms with E-state index in [0.717, 1.165) is 4.88 Å². The molecular formula is C20H22N2O4S2. The van der Waals surface area contributed by atoms with Gasteiger partial charge in [0, 0.05) is 16.5 Å². The molecule has 8 heteroatoms. The van der Waals surface area contributed by atoms with Crippen molar-refractivity contribution in [2.45, 2.75) is 37.9 Å². The van der Waals surface area contributed by atoms with Crippen LogP contribution >= 0.6 is 11.3 Å². The number of amides is 1. The van der Waals surface area contributed by atoms with Gasteiger partial charge in [-0.05, 0) is 55.6 Å². The van der Waals surface area contributed by atoms with E-state index in [4.69, 9.17) is 4.42 Å². The van der Waals surface area contributed by atoms with Gasteiger partial charge >= 0.3 is 0 Å². The Hall–Kier alpha value is -2.42. The quantitative estimate of drug-likeness (QED) is 0.602. The van der Waals surface area contributed by atoms with Crippen molar-refractivity contribution in [1.29, 1.82) is 0 Å². The van der Waals surface area contributed by atoms with Crippen LogP contribution in [-0.4, -0.2) is 25.3 Å². The van der Waals surface area contributed by atoms with Crippen LogP contribution in [0.4, 0.5) is 0 Å². The first kappa shape index (κ1) is 20.3. The van der Waals surface area contributed by atoms with Crippen LogP contribution in [0.1, 0.15) is 34.8 Å². The van der Waals surface area contributed by atoms with Crippen molar-refractivity contribution in [2.24, 2.45) is 0 Å². The van der Waals surface area contributed by atoms with Gasteiger partial charge in [-0.3, -0.25) is 4.79 Å². The monoisotopic (exact) mass is 418 g/mol. The molecular weight excluding hydrogens is 396 g/mol. The Morgan fingerprint density at radius 3 is 2.61 bits per heavy atom. The van der Waals surface area contributed by atoms with Crippen LogP contribution in [0.2, 0.25) is 0 Å². The summed E-state index contributed by atoms with van der Waals surface area (Å²) in [6.07, 6.45) is 1.56. The lowest BCUT2D eigenvalue weighted by molar-refractivity contribution is 0.0719. The van der Waals surface area contributed by atoms with Crippen LogP contribution in [0, 0.1) is 0 Å². The lowest BCUT2D eigenvalue weighted by atomic mass is 10.2. The van der Waals surface area contributed by atoms with Crippen molar-refractivity contribution in [3.63, 3.8) is 0 Å². The molecule has 0 radical (unpaired) electrons. The third kappa shape index (κ3) is 5.09. The number of carbonyl (C=O) groups excluding carboxylic acids is 1. The maximum absolute atomic E-state index is 13.2. The van der Waals surface area contributed by atoms with E-state index in [9.17, 15) is 13.2 Å². The van der Waals surface area contributed by atoms with Crippen molar-refractivity contribution in [3.8, 4) is 0 Å². The second-order valence-electron chi connectivity index (χ2n) is 6.62. The zero-order chi connectivity index (χ0) is 20.1. The van der Waals surface area contributed by atoms with Gasteiger partial charge in [0.05, 0.1) is 24.2 Å². The standard InChI is InChI=1S/C20H22N2O4S2/c1-15(2)21-28(24,25)19-9-3-6-16(12-19)20(23)22(13-17-7-4-10-26-17)14-18-8-5-11-27-18/h3-12,15,21H,13-14H2,1-2H3. The number of furan rings is 1. The van der Waals surface area contributed by atoms with Crippen LogP contribution in [0.25, 0.3) is 0 Å². The van der Waals surface area contributed by atoms with Crippen molar-refractivity contribution in [3.05, 3.63) is 76.4 Å². The first-order valence-corrected chi connectivity index (χ1v) is 11.2. The van der Waals surface area contributed by atoms with Crippen molar-refractivity contribution < 1.29 is 17.6 Å². The molecule has 0 spiro atoms. The normalized spacial score (nSPS) is 11.7. The average Bonchev–Trinajstić information content (AvgIpc) is 3.34. The maximum Gasteiger partial charge on any atom is 0.254 e. The van der Waals surface area contributed by atoms with Gasteiger partial charge in [-0.1, -0.05) is 12.1 Å². The molecule has 0 saturated carbocycles. The minimum absolute atomic E-state index is 0.0705. The molecule has 1 amide bonds. The predicted molar refractivity (Wildman–Crippen MR) is 109 cm³/mol. The van der Waals surface area contributed by atoms with Gasteiger partial charge in [0.25, 0.3) is 5.91 Å². The Morgan fingerprint density at radius 1 is 1.14 bits per heavy atom. The van der Waals surface area contributed by atoms with Gasteiger partial charge in [0.15, 0.2) is 0 Å². The van der Waals surface area contributed by atoms with Crippen LogP contribution in [-0.2, 0) is 23.1 Å². The second-order valence-corrected chi connectivity index (χ2v) is 9.37. The molecule has 1 N–H and O–H groups in total. The summed E-state index contributed by atoms with van der Waals surface area (Å²) in [6, 6.07) is 13.3. The Kier molecular flexibility index (Phi) is 6.33. The molecule has 2 aromatic heterocycles. The number of rotatable bonds is 8. The van der Waals surface area contributed by atoms with Gasteiger partial charge < -0.3 is 9.32 Å². The van der Waals surface area contributed by atoms with Crippen molar-refractivity contribution in [2.75, 3.05) is 0 Å². The second kappa shape index (κ2) is 8.72. The highest BCUT2D eigenvalue weighted by Crippen LogP contribution is 2.19. The summed E-state index contributed by atoms with van der Waals surface area (Å²) in [5, 5.41) is 1.95. The van der Waals surface area contributed by atoms with Gasteiger partial charge in [0.1, 0.15) is 5.76 Å². The van der Waals surface area contributed by atoms with Crippen LogP contribution in [0.3, 0.4) is 0 Å². The summed E-state index contributed by atoms with van der Waals surface area (Å²) in [6.45, 7) is 4.21. The summed E-state index contributed by atoms with van der Waals surface area (Å²) >= 11 is 1.56. The number of nitrogens with one attached hydrogen (secondary N) is 1. The third-order valence-electron chi connectivity index (χ3n) is 3.92. The zero-order valence-corrected chi connectivity index (χ0v) is 17.3. The molecule has 0 aliphatic rings. The van der Waals surface area contributed by atoms with E-state index in [0.29, 0.717) is 24.4 Å². The predicted octanol–water partition coefficient (Wildman–Crippen LogP) is 3.87. The highest BCUT2D eigenvalue weighted by molar-refractivity contribution is 7.89. The fourth-order valence-corrected chi connectivity index (χ4v) is 4.75. The van der Waals surface area contributed by atoms with Gasteiger partial charge in [-0.2, -0.15) is 0 Å². The molecule has 0 unspecified atom stereocenters. The van der Waals surface area contributed by atoms with Crippen molar-refractivity contribution in [1.82, 2.24) is 9.62 Å². The van der Waals surface area contributed by atoms with E-state index >= 15 is 0 Å². The molecule has 0 aliphatic carbocycles. The topological polar surface area (TPSA) is 79.6 Å². The molecule has 0 bridgehead atoms. The smallest absolute Gasteiger partial charge is 0.254 e. The molecule has 3 aromatic rings. The summed E-state index contributed by atoms with van der Waals surface area (Å²) in [5.74, 6) is 0.404. The molecule has 0 aliphatic heterocycles. The SMILES string of the molecule is CC(C)NS(=O)(=O)c1cccc(C(=O)N(Cc2ccco2)Cc2cccs2)c1. The summed E-state index contributed by atoms with van der Waals surface area (Å²) in [4.78, 5) is 15.9. The summed E-state index contributed by atoms with van der Waals surface area (Å²) < 4.78 is 32.8. The van der Waals surface area contributed by atoms with Crippen LogP contribution in [0.15, 0.2) is 69.5 Å². The molecule has 3 rings (SSSR count). The Balaban J connectivity index is 1.88. The highest BCUT2D eigenvalue weighted by Gasteiger charge is 2.21. The average molecular weight is 419 g/mol. The Bertz CT molecular complexity index is 974. The molecule has 0 saturated heterocycles. The van der Waals surface area contributed by atoms with E-state index < -0.39 is 10.0 Å². The van der Waals surface area contributed by atoms with E-state index in [1.54, 1.807) is 54.5 Å². The first-order chi connectivity index (χ1) is 13.3. The number of hydrogen-bond donors (Lipinski definition) is 1. The Morgan fingerprint density at radius 2 is 1.96 bits per heavy atom. The molecule has 148 valence electrons. The Labute approximate surface area is 168 Å². The van der Waals surface area contributed by atoms with E-state index in [2.05, 4.69) is 4.72 Å². The van der Waals surface area contributed by atoms with Crippen LogP contribution in [0.5, 0.6) is 0 Å². The zero-order valence-electron chi connectivity index (χ0n) is 15.7. The highest BCUT2D eigenvalue weighted by atomic mass is 32.2. The largest absolute Gasteiger partial charge is 0.467 e. The van der Waals surface area contributed by atoms with E-state index in [1.807, 2.05) is 23.6 Å². The third-order valence-corrected chi connectivity index (χ3v) is 6.44. The summed E-state index contributed by atoms with van der Waals surface area (Å²) in [7, 11) is -3.68. The molecule has 2 heterocycles. The minimum atomic E-state index is -3.68. The fraction of sp³-hybridized carbons (Fsp3) is 0.250. The molecule has 6 nitrogen and oxygen atoms in total. The number of benzene rings is 1. The molecule has 1 aromatic carbocycles. The van der Waals surface area contributed by atoms with Gasteiger partial charge in [0.2, 0.25) is 10.0 Å². The fourth-order valence-electron chi connectivity index (χ4n) is 2.74. The molecule has 0 fully saturated rings.